The Balaban J connectivity index is 1.57. The van der Waals surface area contributed by atoms with Crippen LogP contribution < -0.4 is 0 Å². The van der Waals surface area contributed by atoms with Crippen LogP contribution >= 0.6 is 0 Å². The van der Waals surface area contributed by atoms with Crippen molar-refractivity contribution < 1.29 is 19.1 Å². The summed E-state index contributed by atoms with van der Waals surface area (Å²) in [6.45, 7) is 3.51. The van der Waals surface area contributed by atoms with Gasteiger partial charge in [-0.3, -0.25) is 4.79 Å². The highest BCUT2D eigenvalue weighted by atomic mass is 16.6. The second-order valence-electron chi connectivity index (χ2n) is 6.29. The third kappa shape index (κ3) is 3.14. The molecule has 0 unspecified atom stereocenters. The molecule has 118 valence electrons. The summed E-state index contributed by atoms with van der Waals surface area (Å²) in [5.41, 5.74) is 0.536. The standard InChI is InChI=1S/C17H21NO4/c1-17-12-18(8-7-14(17)9-15(19)11-22-17)16(20)21-10-13-5-3-2-4-6-13/h2-6,14H,7-12H2,1H3/t14-,17+/m0/s1. The van der Waals surface area contributed by atoms with Gasteiger partial charge in [0.05, 0.1) is 12.1 Å². The van der Waals surface area contributed by atoms with E-state index in [-0.39, 0.29) is 31.0 Å². The first-order valence-electron chi connectivity index (χ1n) is 7.68. The monoisotopic (exact) mass is 303 g/mol. The molecular formula is C17H21NO4. The van der Waals surface area contributed by atoms with E-state index in [1.807, 2.05) is 37.3 Å². The molecule has 1 amide bonds. The summed E-state index contributed by atoms with van der Waals surface area (Å²) in [4.78, 5) is 25.4. The molecule has 0 aliphatic carbocycles. The second-order valence-corrected chi connectivity index (χ2v) is 6.29. The lowest BCUT2D eigenvalue weighted by atomic mass is 9.77. The Morgan fingerprint density at radius 3 is 2.95 bits per heavy atom. The minimum atomic E-state index is -0.433. The highest BCUT2D eigenvalue weighted by Crippen LogP contribution is 2.36. The minimum absolute atomic E-state index is 0.153. The van der Waals surface area contributed by atoms with Crippen molar-refractivity contribution in [3.05, 3.63) is 35.9 Å². The molecule has 1 aromatic rings. The number of ether oxygens (including phenoxy) is 2. The van der Waals surface area contributed by atoms with Gasteiger partial charge in [-0.15, -0.1) is 0 Å². The van der Waals surface area contributed by atoms with Crippen molar-refractivity contribution in [2.24, 2.45) is 5.92 Å². The number of ketones is 1. The Bertz CT molecular complexity index is 559. The number of nitrogens with zero attached hydrogens (tertiary/aromatic N) is 1. The highest BCUT2D eigenvalue weighted by molar-refractivity contribution is 5.81. The Hall–Kier alpha value is -1.88. The van der Waals surface area contributed by atoms with Gasteiger partial charge in [0.1, 0.15) is 13.2 Å². The molecule has 1 aromatic carbocycles. The Labute approximate surface area is 130 Å². The van der Waals surface area contributed by atoms with Crippen molar-refractivity contribution >= 4 is 11.9 Å². The van der Waals surface area contributed by atoms with Gasteiger partial charge in [0, 0.05) is 13.0 Å². The highest BCUT2D eigenvalue weighted by Gasteiger charge is 2.46. The number of benzene rings is 1. The van der Waals surface area contributed by atoms with Gasteiger partial charge in [0.15, 0.2) is 5.78 Å². The average Bonchev–Trinajstić information content (AvgIpc) is 2.53. The predicted octanol–water partition coefficient (Wildman–Crippen LogP) is 2.39. The summed E-state index contributed by atoms with van der Waals surface area (Å²) in [6.07, 6.45) is 1.02. The molecule has 2 aliphatic rings. The maximum absolute atomic E-state index is 12.2. The van der Waals surface area contributed by atoms with Crippen LogP contribution in [0.1, 0.15) is 25.3 Å². The molecular weight excluding hydrogens is 282 g/mol. The number of amides is 1. The number of likely N-dealkylation sites (tertiary alicyclic amines) is 1. The maximum Gasteiger partial charge on any atom is 0.410 e. The Morgan fingerprint density at radius 2 is 2.18 bits per heavy atom. The quantitative estimate of drug-likeness (QED) is 0.842. The van der Waals surface area contributed by atoms with Crippen LogP contribution in [0.4, 0.5) is 4.79 Å². The van der Waals surface area contributed by atoms with Crippen LogP contribution in [0.2, 0.25) is 0 Å². The second kappa shape index (κ2) is 6.08. The molecule has 2 fully saturated rings. The molecule has 3 rings (SSSR count). The van der Waals surface area contributed by atoms with E-state index in [9.17, 15) is 9.59 Å². The van der Waals surface area contributed by atoms with Gasteiger partial charge in [0.25, 0.3) is 0 Å². The van der Waals surface area contributed by atoms with Crippen molar-refractivity contribution in [2.75, 3.05) is 19.7 Å². The number of carbonyl (C=O) groups is 2. The van der Waals surface area contributed by atoms with Crippen LogP contribution in [-0.4, -0.2) is 42.1 Å². The number of rotatable bonds is 2. The summed E-state index contributed by atoms with van der Waals surface area (Å²) < 4.78 is 11.1. The summed E-state index contributed by atoms with van der Waals surface area (Å²) in [5, 5.41) is 0. The van der Waals surface area contributed by atoms with Crippen molar-refractivity contribution in [2.45, 2.75) is 32.0 Å². The minimum Gasteiger partial charge on any atom is -0.445 e. The lowest BCUT2D eigenvalue weighted by Crippen LogP contribution is -2.58. The normalized spacial score (nSPS) is 28.1. The van der Waals surface area contributed by atoms with Crippen LogP contribution in [0.15, 0.2) is 30.3 Å². The molecule has 5 nitrogen and oxygen atoms in total. The number of Topliss-reactive ketones (excluding diaryl/α,β-unsaturated/α-hetero) is 1. The number of hydrogen-bond donors (Lipinski definition) is 0. The van der Waals surface area contributed by atoms with E-state index in [1.54, 1.807) is 4.90 Å². The number of hydrogen-bond acceptors (Lipinski definition) is 4. The van der Waals surface area contributed by atoms with Crippen molar-refractivity contribution in [1.82, 2.24) is 4.90 Å². The fourth-order valence-corrected chi connectivity index (χ4v) is 3.23. The van der Waals surface area contributed by atoms with E-state index in [1.165, 1.54) is 0 Å². The van der Waals surface area contributed by atoms with Gasteiger partial charge in [-0.05, 0) is 24.8 Å². The van der Waals surface area contributed by atoms with Crippen LogP contribution in [0, 0.1) is 5.92 Å². The van der Waals surface area contributed by atoms with Gasteiger partial charge in [-0.25, -0.2) is 4.79 Å². The Kier molecular flexibility index (Phi) is 4.16. The zero-order valence-electron chi connectivity index (χ0n) is 12.8. The first kappa shape index (κ1) is 15.0. The molecule has 0 spiro atoms. The molecule has 0 saturated carbocycles. The predicted molar refractivity (Wildman–Crippen MR) is 80.3 cm³/mol. The maximum atomic E-state index is 12.2. The molecule has 0 bridgehead atoms. The Morgan fingerprint density at radius 1 is 1.41 bits per heavy atom. The smallest absolute Gasteiger partial charge is 0.410 e. The van der Waals surface area contributed by atoms with Gasteiger partial charge >= 0.3 is 6.09 Å². The van der Waals surface area contributed by atoms with E-state index < -0.39 is 5.60 Å². The fourth-order valence-electron chi connectivity index (χ4n) is 3.23. The first-order chi connectivity index (χ1) is 10.6. The number of carbonyl (C=O) groups excluding carboxylic acids is 2. The molecule has 0 aromatic heterocycles. The van der Waals surface area contributed by atoms with E-state index in [0.29, 0.717) is 19.5 Å². The zero-order chi connectivity index (χ0) is 15.6. The third-order valence-corrected chi connectivity index (χ3v) is 4.62. The van der Waals surface area contributed by atoms with Crippen molar-refractivity contribution in [3.8, 4) is 0 Å². The molecule has 22 heavy (non-hydrogen) atoms. The van der Waals surface area contributed by atoms with Crippen molar-refractivity contribution in [3.63, 3.8) is 0 Å². The first-order valence-corrected chi connectivity index (χ1v) is 7.68. The van der Waals surface area contributed by atoms with Gasteiger partial charge < -0.3 is 14.4 Å². The third-order valence-electron chi connectivity index (χ3n) is 4.62. The van der Waals surface area contributed by atoms with Gasteiger partial charge in [-0.1, -0.05) is 30.3 Å². The summed E-state index contributed by atoms with van der Waals surface area (Å²) in [5.74, 6) is 0.356. The van der Waals surface area contributed by atoms with E-state index >= 15 is 0 Å². The van der Waals surface area contributed by atoms with Crippen LogP contribution in [-0.2, 0) is 20.9 Å². The molecule has 2 aliphatic heterocycles. The van der Waals surface area contributed by atoms with Crippen LogP contribution in [0.3, 0.4) is 0 Å². The van der Waals surface area contributed by atoms with Crippen LogP contribution in [0.5, 0.6) is 0 Å². The average molecular weight is 303 g/mol. The van der Waals surface area contributed by atoms with E-state index in [4.69, 9.17) is 9.47 Å². The summed E-state index contributed by atoms with van der Waals surface area (Å²) in [6, 6.07) is 9.62. The summed E-state index contributed by atoms with van der Waals surface area (Å²) >= 11 is 0. The lowest BCUT2D eigenvalue weighted by molar-refractivity contribution is -0.162. The van der Waals surface area contributed by atoms with Gasteiger partial charge in [-0.2, -0.15) is 0 Å². The molecule has 2 heterocycles. The van der Waals surface area contributed by atoms with Crippen LogP contribution in [0.25, 0.3) is 0 Å². The summed E-state index contributed by atoms with van der Waals surface area (Å²) in [7, 11) is 0. The van der Waals surface area contributed by atoms with Gasteiger partial charge in [0.2, 0.25) is 0 Å². The SMILES string of the molecule is C[C@@]12CN(C(=O)OCc3ccccc3)CC[C@H]1CC(=O)CO2. The molecule has 0 radical (unpaired) electrons. The molecule has 0 N–H and O–H groups in total. The van der Waals surface area contributed by atoms with Crippen molar-refractivity contribution in [1.29, 1.82) is 0 Å². The number of fused-ring (bicyclic) bond motifs is 1. The lowest BCUT2D eigenvalue weighted by Gasteiger charge is -2.47. The number of piperidine rings is 1. The zero-order valence-corrected chi connectivity index (χ0v) is 12.8. The largest absolute Gasteiger partial charge is 0.445 e. The molecule has 2 saturated heterocycles. The van der Waals surface area contributed by atoms with E-state index in [0.717, 1.165) is 12.0 Å². The topological polar surface area (TPSA) is 55.8 Å². The van der Waals surface area contributed by atoms with E-state index in [2.05, 4.69) is 0 Å². The molecule has 5 heteroatoms. The molecule has 2 atom stereocenters. The fraction of sp³-hybridized carbons (Fsp3) is 0.529.